The van der Waals surface area contributed by atoms with E-state index >= 15 is 0 Å². The third-order valence-electron chi connectivity index (χ3n) is 3.12. The first-order chi connectivity index (χ1) is 10.6. The number of hydrogen-bond acceptors (Lipinski definition) is 3. The topological polar surface area (TPSA) is 47.6 Å². The van der Waals surface area contributed by atoms with Crippen LogP contribution < -0.4 is 14.8 Å². The number of ether oxygens (including phenoxy) is 2. The molecule has 2 rings (SSSR count). The van der Waals surface area contributed by atoms with Crippen LogP contribution in [0.2, 0.25) is 5.02 Å². The highest BCUT2D eigenvalue weighted by atomic mass is 35.5. The van der Waals surface area contributed by atoms with Crippen LogP contribution in [0.4, 0.5) is 0 Å². The van der Waals surface area contributed by atoms with Gasteiger partial charge in [0.2, 0.25) is 0 Å². The molecule has 1 N–H and O–H groups in total. The van der Waals surface area contributed by atoms with Gasteiger partial charge in [0.15, 0.2) is 17.6 Å². The fourth-order valence-electron chi connectivity index (χ4n) is 1.90. The first kappa shape index (κ1) is 16.2. The molecule has 22 heavy (non-hydrogen) atoms. The monoisotopic (exact) mass is 319 g/mol. The van der Waals surface area contributed by atoms with Gasteiger partial charge in [0.1, 0.15) is 0 Å². The molecule has 0 bridgehead atoms. The van der Waals surface area contributed by atoms with Crippen LogP contribution in [0.3, 0.4) is 0 Å². The van der Waals surface area contributed by atoms with Crippen molar-refractivity contribution in [2.24, 2.45) is 0 Å². The molecule has 0 aromatic heterocycles. The maximum Gasteiger partial charge on any atom is 0.261 e. The number of carbonyl (C=O) groups excluding carboxylic acids is 1. The second-order valence-electron chi connectivity index (χ2n) is 4.76. The molecule has 0 unspecified atom stereocenters. The quantitative estimate of drug-likeness (QED) is 0.887. The Labute approximate surface area is 135 Å². The van der Waals surface area contributed by atoms with Gasteiger partial charge in [-0.3, -0.25) is 4.79 Å². The van der Waals surface area contributed by atoms with E-state index in [-0.39, 0.29) is 5.91 Å². The van der Waals surface area contributed by atoms with Crippen molar-refractivity contribution in [2.75, 3.05) is 7.11 Å². The van der Waals surface area contributed by atoms with Gasteiger partial charge in [-0.15, -0.1) is 0 Å². The van der Waals surface area contributed by atoms with Gasteiger partial charge in [-0.2, -0.15) is 0 Å². The molecule has 0 radical (unpaired) electrons. The lowest BCUT2D eigenvalue weighted by Crippen LogP contribution is -2.35. The van der Waals surface area contributed by atoms with Crippen molar-refractivity contribution in [3.05, 3.63) is 59.1 Å². The highest BCUT2D eigenvalue weighted by Crippen LogP contribution is 2.26. The van der Waals surface area contributed by atoms with Crippen molar-refractivity contribution in [1.29, 1.82) is 0 Å². The number of rotatable bonds is 6. The van der Waals surface area contributed by atoms with Gasteiger partial charge >= 0.3 is 0 Å². The van der Waals surface area contributed by atoms with Crippen LogP contribution in [-0.2, 0) is 11.3 Å². The van der Waals surface area contributed by atoms with E-state index in [1.54, 1.807) is 38.3 Å². The number of nitrogens with one attached hydrogen (secondary N) is 1. The molecule has 0 spiro atoms. The highest BCUT2D eigenvalue weighted by Gasteiger charge is 2.16. The number of amides is 1. The minimum atomic E-state index is -0.622. The summed E-state index contributed by atoms with van der Waals surface area (Å²) in [6.45, 7) is 2.12. The second-order valence-corrected chi connectivity index (χ2v) is 5.19. The van der Waals surface area contributed by atoms with E-state index in [0.717, 1.165) is 5.56 Å². The van der Waals surface area contributed by atoms with Crippen LogP contribution in [0.25, 0.3) is 0 Å². The van der Waals surface area contributed by atoms with Crippen LogP contribution in [0.15, 0.2) is 48.5 Å². The van der Waals surface area contributed by atoms with Gasteiger partial charge in [-0.25, -0.2) is 0 Å². The SMILES string of the molecule is COc1ccccc1O[C@H](C)C(=O)NCc1ccc(Cl)cc1. The molecular formula is C17H18ClNO3. The normalized spacial score (nSPS) is 11.6. The Balaban J connectivity index is 1.90. The van der Waals surface area contributed by atoms with E-state index in [0.29, 0.717) is 23.1 Å². The predicted octanol–water partition coefficient (Wildman–Crippen LogP) is 3.43. The fraction of sp³-hybridized carbons (Fsp3) is 0.235. The Kier molecular flexibility index (Phi) is 5.67. The Hall–Kier alpha value is -2.20. The second kappa shape index (κ2) is 7.71. The number of halogens is 1. The summed E-state index contributed by atoms with van der Waals surface area (Å²) < 4.78 is 10.8. The lowest BCUT2D eigenvalue weighted by molar-refractivity contribution is -0.127. The summed E-state index contributed by atoms with van der Waals surface area (Å²) in [4.78, 5) is 12.1. The van der Waals surface area contributed by atoms with Crippen molar-refractivity contribution < 1.29 is 14.3 Å². The summed E-state index contributed by atoms with van der Waals surface area (Å²) in [5, 5.41) is 3.50. The summed E-state index contributed by atoms with van der Waals surface area (Å²) in [7, 11) is 1.56. The van der Waals surface area contributed by atoms with Gasteiger partial charge in [0.05, 0.1) is 7.11 Å². The zero-order valence-electron chi connectivity index (χ0n) is 12.5. The van der Waals surface area contributed by atoms with Gasteiger partial charge in [0, 0.05) is 11.6 Å². The average molecular weight is 320 g/mol. The molecule has 0 saturated carbocycles. The molecule has 1 amide bonds. The van der Waals surface area contributed by atoms with Crippen molar-refractivity contribution in [2.45, 2.75) is 19.6 Å². The molecule has 0 aliphatic rings. The van der Waals surface area contributed by atoms with Crippen molar-refractivity contribution in [3.63, 3.8) is 0 Å². The molecular weight excluding hydrogens is 302 g/mol. The van der Waals surface area contributed by atoms with Crippen molar-refractivity contribution in [1.82, 2.24) is 5.32 Å². The van der Waals surface area contributed by atoms with E-state index in [1.165, 1.54) is 0 Å². The summed E-state index contributed by atoms with van der Waals surface area (Å²) in [5.74, 6) is 0.944. The Morgan fingerprint density at radius 2 is 1.77 bits per heavy atom. The van der Waals surface area contributed by atoms with E-state index in [2.05, 4.69) is 5.32 Å². The fourth-order valence-corrected chi connectivity index (χ4v) is 2.02. The Morgan fingerprint density at radius 1 is 1.14 bits per heavy atom. The standard InChI is InChI=1S/C17H18ClNO3/c1-12(22-16-6-4-3-5-15(16)21-2)17(20)19-11-13-7-9-14(18)10-8-13/h3-10,12H,11H2,1-2H3,(H,19,20)/t12-/m1/s1. The largest absolute Gasteiger partial charge is 0.493 e. The minimum Gasteiger partial charge on any atom is -0.493 e. The molecule has 0 fully saturated rings. The van der Waals surface area contributed by atoms with E-state index in [1.807, 2.05) is 24.3 Å². The predicted molar refractivity (Wildman–Crippen MR) is 86.4 cm³/mol. The Morgan fingerprint density at radius 3 is 2.41 bits per heavy atom. The first-order valence-electron chi connectivity index (χ1n) is 6.92. The lowest BCUT2D eigenvalue weighted by atomic mass is 10.2. The number of benzene rings is 2. The molecule has 116 valence electrons. The third-order valence-corrected chi connectivity index (χ3v) is 3.37. The number of hydrogen-bond donors (Lipinski definition) is 1. The lowest BCUT2D eigenvalue weighted by Gasteiger charge is -2.16. The Bertz CT molecular complexity index is 628. The summed E-state index contributed by atoms with van der Waals surface area (Å²) in [6, 6.07) is 14.5. The summed E-state index contributed by atoms with van der Waals surface area (Å²) >= 11 is 5.82. The maximum absolute atomic E-state index is 12.1. The maximum atomic E-state index is 12.1. The van der Waals surface area contributed by atoms with Crippen LogP contribution in [0, 0.1) is 0 Å². The number of methoxy groups -OCH3 is 1. The zero-order valence-corrected chi connectivity index (χ0v) is 13.3. The number of para-hydroxylation sites is 2. The molecule has 2 aromatic carbocycles. The molecule has 0 heterocycles. The minimum absolute atomic E-state index is 0.194. The molecule has 4 nitrogen and oxygen atoms in total. The van der Waals surface area contributed by atoms with E-state index in [4.69, 9.17) is 21.1 Å². The van der Waals surface area contributed by atoms with E-state index < -0.39 is 6.10 Å². The van der Waals surface area contributed by atoms with Gasteiger partial charge in [-0.1, -0.05) is 35.9 Å². The van der Waals surface area contributed by atoms with Crippen LogP contribution in [-0.4, -0.2) is 19.1 Å². The number of carbonyl (C=O) groups is 1. The molecule has 1 atom stereocenters. The average Bonchev–Trinajstić information content (AvgIpc) is 2.54. The first-order valence-corrected chi connectivity index (χ1v) is 7.30. The molecule has 2 aromatic rings. The van der Waals surface area contributed by atoms with Crippen molar-refractivity contribution in [3.8, 4) is 11.5 Å². The molecule has 0 aliphatic carbocycles. The molecule has 0 saturated heterocycles. The van der Waals surface area contributed by atoms with Crippen LogP contribution >= 0.6 is 11.6 Å². The van der Waals surface area contributed by atoms with Gasteiger partial charge in [-0.05, 0) is 36.8 Å². The van der Waals surface area contributed by atoms with E-state index in [9.17, 15) is 4.79 Å². The molecule has 0 aliphatic heterocycles. The summed E-state index contributed by atoms with van der Waals surface area (Å²) in [6.07, 6.45) is -0.622. The van der Waals surface area contributed by atoms with Gasteiger partial charge in [0.25, 0.3) is 5.91 Å². The highest BCUT2D eigenvalue weighted by molar-refractivity contribution is 6.30. The zero-order chi connectivity index (χ0) is 15.9. The van der Waals surface area contributed by atoms with Crippen LogP contribution in [0.5, 0.6) is 11.5 Å². The molecule has 5 heteroatoms. The summed E-state index contributed by atoms with van der Waals surface area (Å²) in [5.41, 5.74) is 0.974. The third kappa shape index (κ3) is 4.40. The van der Waals surface area contributed by atoms with Crippen LogP contribution in [0.1, 0.15) is 12.5 Å². The van der Waals surface area contributed by atoms with Gasteiger partial charge < -0.3 is 14.8 Å². The smallest absolute Gasteiger partial charge is 0.261 e. The van der Waals surface area contributed by atoms with Crippen molar-refractivity contribution >= 4 is 17.5 Å².